The highest BCUT2D eigenvalue weighted by atomic mass is 19.1. The van der Waals surface area contributed by atoms with Crippen molar-refractivity contribution in [2.75, 3.05) is 43.1 Å². The predicted molar refractivity (Wildman–Crippen MR) is 149 cm³/mol. The normalized spacial score (nSPS) is 17.6. The van der Waals surface area contributed by atoms with Crippen LogP contribution in [0.3, 0.4) is 0 Å². The quantitative estimate of drug-likeness (QED) is 0.297. The van der Waals surface area contributed by atoms with Gasteiger partial charge in [0.15, 0.2) is 5.65 Å². The number of aromatic nitrogens is 4. The van der Waals surface area contributed by atoms with Gasteiger partial charge in [0.25, 0.3) is 0 Å². The molecule has 3 heterocycles. The monoisotopic (exact) mass is 534 g/mol. The van der Waals surface area contributed by atoms with E-state index >= 15 is 0 Å². The lowest BCUT2D eigenvalue weighted by Crippen LogP contribution is -2.25. The number of hydrogen-bond acceptors (Lipinski definition) is 8. The Hall–Kier alpha value is -3.76. The topological polar surface area (TPSA) is 109 Å². The van der Waals surface area contributed by atoms with E-state index in [-0.39, 0.29) is 43.0 Å². The van der Waals surface area contributed by atoms with E-state index in [9.17, 15) is 9.50 Å². The first kappa shape index (κ1) is 26.8. The highest BCUT2D eigenvalue weighted by molar-refractivity contribution is 5.88. The van der Waals surface area contributed by atoms with Crippen LogP contribution in [0.1, 0.15) is 37.8 Å². The van der Waals surface area contributed by atoms with Gasteiger partial charge in [-0.1, -0.05) is 30.3 Å². The molecule has 0 spiro atoms. The molecule has 0 saturated carbocycles. The molecular weight excluding hydrogens is 499 g/mol. The van der Waals surface area contributed by atoms with Crippen molar-refractivity contribution < 1.29 is 19.3 Å². The maximum atomic E-state index is 14.0. The molecule has 2 atom stereocenters. The summed E-state index contributed by atoms with van der Waals surface area (Å²) >= 11 is 0. The number of ether oxygens (including phenoxy) is 1. The van der Waals surface area contributed by atoms with Crippen LogP contribution in [0.15, 0.2) is 54.7 Å². The Morgan fingerprint density at radius 2 is 1.90 bits per heavy atom. The molecule has 0 radical (unpaired) electrons. The average molecular weight is 535 g/mol. The highest BCUT2D eigenvalue weighted by Crippen LogP contribution is 2.38. The molecule has 1 aliphatic heterocycles. The van der Waals surface area contributed by atoms with Gasteiger partial charge in [0, 0.05) is 43.6 Å². The van der Waals surface area contributed by atoms with E-state index in [1.807, 2.05) is 35.0 Å². The number of nitrogens with one attached hydrogen (secondary N) is 1. The molecule has 0 bridgehead atoms. The summed E-state index contributed by atoms with van der Waals surface area (Å²) in [5.74, 6) is 1.45. The molecule has 3 N–H and O–H groups in total. The Morgan fingerprint density at radius 1 is 1.08 bits per heavy atom. The minimum Gasteiger partial charge on any atom is -0.491 e. The zero-order valence-corrected chi connectivity index (χ0v) is 22.5. The molecule has 9 nitrogen and oxygen atoms in total. The molecule has 206 valence electrons. The number of halogens is 1. The maximum Gasteiger partial charge on any atom is 0.227 e. The van der Waals surface area contributed by atoms with E-state index in [4.69, 9.17) is 19.8 Å². The molecule has 5 rings (SSSR count). The van der Waals surface area contributed by atoms with Crippen molar-refractivity contribution in [1.29, 1.82) is 0 Å². The minimum atomic E-state index is -0.307. The van der Waals surface area contributed by atoms with Crippen molar-refractivity contribution in [2.45, 2.75) is 38.8 Å². The predicted octanol–water partition coefficient (Wildman–Crippen LogP) is 3.92. The fraction of sp³-hybridized carbons (Fsp3) is 0.414. The van der Waals surface area contributed by atoms with E-state index in [0.29, 0.717) is 37.0 Å². The zero-order valence-electron chi connectivity index (χ0n) is 22.5. The van der Waals surface area contributed by atoms with E-state index in [0.717, 1.165) is 22.3 Å². The van der Waals surface area contributed by atoms with Crippen molar-refractivity contribution in [3.05, 3.63) is 71.7 Å². The van der Waals surface area contributed by atoms with E-state index in [2.05, 4.69) is 36.1 Å². The summed E-state index contributed by atoms with van der Waals surface area (Å²) in [6.45, 7) is 7.91. The number of fused-ring (bicyclic) bond motifs is 1. The summed E-state index contributed by atoms with van der Waals surface area (Å²) in [6, 6.07) is 14.2. The summed E-state index contributed by atoms with van der Waals surface area (Å²) in [7, 11) is 0. The Labute approximate surface area is 227 Å². The van der Waals surface area contributed by atoms with Crippen LogP contribution in [-0.4, -0.2) is 62.9 Å². The van der Waals surface area contributed by atoms with Crippen molar-refractivity contribution in [3.63, 3.8) is 0 Å². The number of anilines is 2. The Morgan fingerprint density at radius 3 is 2.64 bits per heavy atom. The third-order valence-electron chi connectivity index (χ3n) is 7.05. The number of aliphatic hydroxyl groups is 2. The largest absolute Gasteiger partial charge is 0.491 e. The Kier molecular flexibility index (Phi) is 7.67. The third kappa shape index (κ3) is 5.67. The number of hydrogen-bond donors (Lipinski definition) is 3. The molecule has 0 amide bonds. The Balaban J connectivity index is 1.50. The van der Waals surface area contributed by atoms with Crippen LogP contribution < -0.4 is 15.0 Å². The summed E-state index contributed by atoms with van der Waals surface area (Å²) in [4.78, 5) is 11.9. The molecule has 2 aromatic carbocycles. The first-order valence-electron chi connectivity index (χ1n) is 13.2. The van der Waals surface area contributed by atoms with Crippen molar-refractivity contribution in [2.24, 2.45) is 5.92 Å². The van der Waals surface area contributed by atoms with E-state index in [1.54, 1.807) is 18.3 Å². The van der Waals surface area contributed by atoms with Gasteiger partial charge < -0.3 is 25.2 Å². The van der Waals surface area contributed by atoms with E-state index < -0.39 is 0 Å². The third-order valence-corrected chi connectivity index (χ3v) is 7.05. The van der Waals surface area contributed by atoms with Crippen molar-refractivity contribution >= 4 is 22.8 Å². The van der Waals surface area contributed by atoms with Gasteiger partial charge in [-0.2, -0.15) is 15.1 Å². The van der Waals surface area contributed by atoms with Gasteiger partial charge in [-0.25, -0.2) is 9.07 Å². The number of para-hydroxylation sites is 1. The lowest BCUT2D eigenvalue weighted by Gasteiger charge is -2.22. The smallest absolute Gasteiger partial charge is 0.227 e. The van der Waals surface area contributed by atoms with Gasteiger partial charge in [0.2, 0.25) is 5.95 Å². The Bertz CT molecular complexity index is 1440. The number of benzene rings is 2. The highest BCUT2D eigenvalue weighted by Gasteiger charge is 2.36. The SMILES string of the molecule is CC(C)(C)n1ncc2c(N3C[C@@H](CO)[C@H](c4cccc(F)c4)C3)nc(NCc3ccccc3OCCO)nc21. The first-order valence-corrected chi connectivity index (χ1v) is 13.2. The van der Waals surface area contributed by atoms with Crippen LogP contribution in [0.2, 0.25) is 0 Å². The second-order valence-electron chi connectivity index (χ2n) is 10.9. The molecule has 0 unspecified atom stereocenters. The summed E-state index contributed by atoms with van der Waals surface area (Å²) < 4.78 is 21.6. The standard InChI is InChI=1S/C29H35FN6O3/c1-29(2,3)36-27-23(15-32-36)26(35-16-21(18-38)24(17-35)19-8-6-9-22(30)13-19)33-28(34-27)31-14-20-7-4-5-10-25(20)39-12-11-37/h4-10,13,15,21,24,37-38H,11-12,14,16-18H2,1-3H3,(H,31,33,34)/t21-,24-/m0/s1. The first-order chi connectivity index (χ1) is 18.8. The number of aliphatic hydroxyl groups excluding tert-OH is 2. The fourth-order valence-corrected chi connectivity index (χ4v) is 5.17. The molecule has 0 aliphatic carbocycles. The molecule has 1 saturated heterocycles. The lowest BCUT2D eigenvalue weighted by molar-refractivity contribution is 0.200. The molecule has 4 aromatic rings. The molecule has 39 heavy (non-hydrogen) atoms. The lowest BCUT2D eigenvalue weighted by atomic mass is 9.89. The molecular formula is C29H35FN6O3. The summed E-state index contributed by atoms with van der Waals surface area (Å²) in [5, 5.41) is 28.2. The van der Waals surface area contributed by atoms with Crippen molar-refractivity contribution in [3.8, 4) is 5.75 Å². The molecule has 10 heteroatoms. The molecule has 1 fully saturated rings. The zero-order chi connectivity index (χ0) is 27.6. The van der Waals surface area contributed by atoms with Gasteiger partial charge in [-0.3, -0.25) is 0 Å². The van der Waals surface area contributed by atoms with Crippen molar-refractivity contribution in [1.82, 2.24) is 19.7 Å². The molecule has 2 aromatic heterocycles. The second-order valence-corrected chi connectivity index (χ2v) is 10.9. The molecule has 1 aliphatic rings. The van der Waals surface area contributed by atoms with Crippen LogP contribution in [-0.2, 0) is 12.1 Å². The van der Waals surface area contributed by atoms with E-state index in [1.165, 1.54) is 6.07 Å². The van der Waals surface area contributed by atoms with Gasteiger partial charge >= 0.3 is 0 Å². The van der Waals surface area contributed by atoms with Gasteiger partial charge in [0.1, 0.15) is 24.0 Å². The summed E-state index contributed by atoms with van der Waals surface area (Å²) in [5.41, 5.74) is 2.17. The van der Waals surface area contributed by atoms with Gasteiger partial charge in [-0.05, 0) is 44.5 Å². The van der Waals surface area contributed by atoms with Crippen LogP contribution in [0, 0.1) is 11.7 Å². The van der Waals surface area contributed by atoms with Crippen LogP contribution in [0.4, 0.5) is 16.2 Å². The fourth-order valence-electron chi connectivity index (χ4n) is 5.17. The minimum absolute atomic E-state index is 0.0110. The average Bonchev–Trinajstić information content (AvgIpc) is 3.55. The van der Waals surface area contributed by atoms with Crippen LogP contribution in [0.5, 0.6) is 5.75 Å². The second kappa shape index (κ2) is 11.2. The van der Waals surface area contributed by atoms with Gasteiger partial charge in [-0.15, -0.1) is 0 Å². The van der Waals surface area contributed by atoms with Crippen LogP contribution >= 0.6 is 0 Å². The maximum absolute atomic E-state index is 14.0. The number of nitrogens with zero attached hydrogens (tertiary/aromatic N) is 5. The number of rotatable bonds is 9. The van der Waals surface area contributed by atoms with Crippen LogP contribution in [0.25, 0.3) is 11.0 Å². The van der Waals surface area contributed by atoms with Gasteiger partial charge in [0.05, 0.1) is 23.7 Å². The summed E-state index contributed by atoms with van der Waals surface area (Å²) in [6.07, 6.45) is 1.79.